The summed E-state index contributed by atoms with van der Waals surface area (Å²) in [7, 11) is 4.06. The maximum atomic E-state index is 6.05. The van der Waals surface area contributed by atoms with Crippen LogP contribution in [0.3, 0.4) is 0 Å². The Balaban J connectivity index is 1.53. The van der Waals surface area contributed by atoms with Crippen molar-refractivity contribution in [1.82, 2.24) is 24.8 Å². The van der Waals surface area contributed by atoms with Crippen LogP contribution >= 0.6 is 0 Å². The van der Waals surface area contributed by atoms with E-state index in [2.05, 4.69) is 25.9 Å². The Kier molecular flexibility index (Phi) is 5.93. The van der Waals surface area contributed by atoms with E-state index in [-0.39, 0.29) is 0 Å². The first-order valence-electron chi connectivity index (χ1n) is 11.1. The van der Waals surface area contributed by atoms with Gasteiger partial charge >= 0.3 is 0 Å². The fourth-order valence-corrected chi connectivity index (χ4v) is 3.85. The van der Waals surface area contributed by atoms with Crippen LogP contribution in [-0.4, -0.2) is 52.1 Å². The van der Waals surface area contributed by atoms with Gasteiger partial charge in [-0.15, -0.1) is 0 Å². The number of H-pyrrole nitrogens is 1. The van der Waals surface area contributed by atoms with Crippen molar-refractivity contribution in [1.29, 1.82) is 0 Å². The number of hydrogen-bond acceptors (Lipinski definition) is 6. The van der Waals surface area contributed by atoms with Gasteiger partial charge in [-0.3, -0.25) is 4.98 Å². The predicted molar refractivity (Wildman–Crippen MR) is 136 cm³/mol. The fraction of sp³-hybridized carbons (Fsp3) is 0.148. The highest BCUT2D eigenvalue weighted by atomic mass is 16.5. The number of aromatic amines is 1. The lowest BCUT2D eigenvalue weighted by Gasteiger charge is -2.11. The summed E-state index contributed by atoms with van der Waals surface area (Å²) in [6.45, 7) is 1.51. The van der Waals surface area contributed by atoms with Gasteiger partial charge in [-0.05, 0) is 68.0 Å². The molecule has 7 heteroatoms. The molecule has 0 saturated heterocycles. The standard InChI is InChI=1S/C27H26N6O/c1-33(2)15-16-34-22-6-3-19(4-7-22)27-31-24(18-9-12-29-13-10-18)25(32-27)21-5-8-23-20(17-21)11-14-30-26(23)28/h3-14,17H,15-16H2,1-2H3,(H2,28,30)(H,31,32). The molecule has 0 bridgehead atoms. The summed E-state index contributed by atoms with van der Waals surface area (Å²) in [5, 5.41) is 1.95. The number of imidazole rings is 1. The van der Waals surface area contributed by atoms with Crippen LogP contribution in [0.5, 0.6) is 5.75 Å². The first kappa shape index (κ1) is 21.6. The minimum absolute atomic E-state index is 0.522. The van der Waals surface area contributed by atoms with Crippen LogP contribution in [0, 0.1) is 0 Å². The molecule has 0 spiro atoms. The molecule has 3 heterocycles. The maximum Gasteiger partial charge on any atom is 0.138 e. The first-order valence-corrected chi connectivity index (χ1v) is 11.1. The third-order valence-electron chi connectivity index (χ3n) is 5.68. The van der Waals surface area contributed by atoms with Crippen molar-refractivity contribution in [2.24, 2.45) is 0 Å². The van der Waals surface area contributed by atoms with Crippen LogP contribution in [0.2, 0.25) is 0 Å². The van der Waals surface area contributed by atoms with Crippen molar-refractivity contribution >= 4 is 16.6 Å². The second-order valence-corrected chi connectivity index (χ2v) is 8.35. The Morgan fingerprint density at radius 3 is 2.41 bits per heavy atom. The molecule has 5 rings (SSSR count). The fourth-order valence-electron chi connectivity index (χ4n) is 3.85. The van der Waals surface area contributed by atoms with E-state index >= 15 is 0 Å². The van der Waals surface area contributed by atoms with Crippen molar-refractivity contribution in [2.75, 3.05) is 33.0 Å². The summed E-state index contributed by atoms with van der Waals surface area (Å²) >= 11 is 0. The van der Waals surface area contributed by atoms with Crippen LogP contribution in [0.25, 0.3) is 44.7 Å². The molecule has 3 N–H and O–H groups in total. The molecule has 5 aromatic rings. The number of hydrogen-bond donors (Lipinski definition) is 2. The molecule has 0 aliphatic carbocycles. The van der Waals surface area contributed by atoms with E-state index in [1.54, 1.807) is 18.6 Å². The molecule has 170 valence electrons. The smallest absolute Gasteiger partial charge is 0.138 e. The van der Waals surface area contributed by atoms with Gasteiger partial charge < -0.3 is 20.4 Å². The van der Waals surface area contributed by atoms with Crippen molar-refractivity contribution in [3.8, 4) is 39.7 Å². The summed E-state index contributed by atoms with van der Waals surface area (Å²) in [4.78, 5) is 19.0. The largest absolute Gasteiger partial charge is 0.492 e. The van der Waals surface area contributed by atoms with E-state index in [0.29, 0.717) is 12.4 Å². The Morgan fingerprint density at radius 2 is 1.65 bits per heavy atom. The van der Waals surface area contributed by atoms with Crippen LogP contribution in [-0.2, 0) is 0 Å². The van der Waals surface area contributed by atoms with Crippen molar-refractivity contribution in [3.63, 3.8) is 0 Å². The number of fused-ring (bicyclic) bond motifs is 1. The van der Waals surface area contributed by atoms with Crippen molar-refractivity contribution in [3.05, 3.63) is 79.3 Å². The van der Waals surface area contributed by atoms with Crippen molar-refractivity contribution in [2.45, 2.75) is 0 Å². The second kappa shape index (κ2) is 9.33. The second-order valence-electron chi connectivity index (χ2n) is 8.35. The van der Waals surface area contributed by atoms with Gasteiger partial charge in [0.25, 0.3) is 0 Å². The van der Waals surface area contributed by atoms with Gasteiger partial charge in [0.1, 0.15) is 24.0 Å². The third kappa shape index (κ3) is 4.46. The number of likely N-dealkylation sites (N-methyl/N-ethyl adjacent to an activating group) is 1. The number of nitrogen functional groups attached to an aromatic ring is 1. The number of ether oxygens (including phenoxy) is 1. The van der Waals surface area contributed by atoms with E-state index in [1.807, 2.05) is 68.7 Å². The van der Waals surface area contributed by atoms with Gasteiger partial charge in [0.05, 0.1) is 11.4 Å². The molecule has 7 nitrogen and oxygen atoms in total. The first-order chi connectivity index (χ1) is 16.6. The van der Waals surface area contributed by atoms with E-state index in [9.17, 15) is 0 Å². The van der Waals surface area contributed by atoms with Gasteiger partial charge in [-0.1, -0.05) is 12.1 Å². The van der Waals surface area contributed by atoms with E-state index < -0.39 is 0 Å². The molecule has 0 aliphatic heterocycles. The molecule has 0 saturated carbocycles. The normalized spacial score (nSPS) is 11.3. The molecular formula is C27H26N6O. The number of rotatable bonds is 7. The summed E-state index contributed by atoms with van der Waals surface area (Å²) in [5.41, 5.74) is 10.8. The summed E-state index contributed by atoms with van der Waals surface area (Å²) < 4.78 is 5.83. The molecule has 0 atom stereocenters. The number of anilines is 1. The molecule has 0 unspecified atom stereocenters. The van der Waals surface area contributed by atoms with E-state index in [0.717, 1.165) is 57.0 Å². The van der Waals surface area contributed by atoms with Gasteiger partial charge in [-0.25, -0.2) is 9.97 Å². The van der Waals surface area contributed by atoms with Crippen molar-refractivity contribution < 1.29 is 4.74 Å². The predicted octanol–water partition coefficient (Wildman–Crippen LogP) is 4.88. The minimum atomic E-state index is 0.522. The number of nitrogens with one attached hydrogen (secondary N) is 1. The highest BCUT2D eigenvalue weighted by Crippen LogP contribution is 2.35. The molecule has 0 aliphatic rings. The lowest BCUT2D eigenvalue weighted by atomic mass is 10.0. The Bertz CT molecular complexity index is 1410. The molecule has 3 aromatic heterocycles. The van der Waals surface area contributed by atoms with Gasteiger partial charge in [0.2, 0.25) is 0 Å². The quantitative estimate of drug-likeness (QED) is 0.367. The molecule has 0 radical (unpaired) electrons. The Labute approximate surface area is 198 Å². The monoisotopic (exact) mass is 450 g/mol. The van der Waals surface area contributed by atoms with Gasteiger partial charge in [0.15, 0.2) is 0 Å². The summed E-state index contributed by atoms with van der Waals surface area (Å²) in [6, 6.07) is 20.0. The van der Waals surface area contributed by atoms with E-state index in [1.165, 1.54) is 0 Å². The minimum Gasteiger partial charge on any atom is -0.492 e. The molecule has 0 fully saturated rings. The van der Waals surface area contributed by atoms with E-state index in [4.69, 9.17) is 15.5 Å². The van der Waals surface area contributed by atoms with Crippen LogP contribution in [0.1, 0.15) is 0 Å². The number of nitrogens with zero attached hydrogens (tertiary/aromatic N) is 4. The maximum absolute atomic E-state index is 6.05. The lowest BCUT2D eigenvalue weighted by Crippen LogP contribution is -2.19. The lowest BCUT2D eigenvalue weighted by molar-refractivity contribution is 0.261. The van der Waals surface area contributed by atoms with Crippen LogP contribution < -0.4 is 10.5 Å². The summed E-state index contributed by atoms with van der Waals surface area (Å²) in [6.07, 6.45) is 5.29. The van der Waals surface area contributed by atoms with Crippen LogP contribution in [0.4, 0.5) is 5.82 Å². The number of nitrogens with two attached hydrogens (primary N) is 1. The molecular weight excluding hydrogens is 424 g/mol. The molecule has 34 heavy (non-hydrogen) atoms. The number of benzene rings is 2. The average Bonchev–Trinajstić information content (AvgIpc) is 3.30. The SMILES string of the molecule is CN(C)CCOc1ccc(-c2nc(-c3ccc4c(N)nccc4c3)c(-c3ccncc3)[nH]2)cc1. The van der Waals surface area contributed by atoms with Gasteiger partial charge in [-0.2, -0.15) is 0 Å². The number of pyridine rings is 2. The topological polar surface area (TPSA) is 92.9 Å². The average molecular weight is 451 g/mol. The zero-order chi connectivity index (χ0) is 23.5. The van der Waals surface area contributed by atoms with Crippen LogP contribution in [0.15, 0.2) is 79.3 Å². The highest BCUT2D eigenvalue weighted by Gasteiger charge is 2.16. The highest BCUT2D eigenvalue weighted by molar-refractivity contribution is 5.95. The number of aromatic nitrogens is 4. The molecule has 0 amide bonds. The molecule has 2 aromatic carbocycles. The Morgan fingerprint density at radius 1 is 0.882 bits per heavy atom. The Hall–Kier alpha value is -4.23. The van der Waals surface area contributed by atoms with Gasteiger partial charge in [0, 0.05) is 47.2 Å². The summed E-state index contributed by atoms with van der Waals surface area (Å²) in [5.74, 6) is 2.15. The zero-order valence-corrected chi connectivity index (χ0v) is 19.2. The zero-order valence-electron chi connectivity index (χ0n) is 19.2. The third-order valence-corrected chi connectivity index (χ3v) is 5.68.